The molecule has 0 radical (unpaired) electrons. The van der Waals surface area contributed by atoms with E-state index in [9.17, 15) is 14.0 Å². The summed E-state index contributed by atoms with van der Waals surface area (Å²) in [7, 11) is 0. The number of nitrogens with one attached hydrogen (secondary N) is 1. The lowest BCUT2D eigenvalue weighted by Gasteiger charge is -2.17. The smallest absolute Gasteiger partial charge is 0.229 e. The van der Waals surface area contributed by atoms with Crippen LogP contribution in [0.25, 0.3) is 0 Å². The number of halogens is 1. The summed E-state index contributed by atoms with van der Waals surface area (Å²) in [5.41, 5.74) is 2.51. The molecule has 0 aliphatic carbocycles. The molecule has 1 saturated heterocycles. The van der Waals surface area contributed by atoms with E-state index in [1.807, 2.05) is 24.3 Å². The van der Waals surface area contributed by atoms with Crippen molar-refractivity contribution < 1.29 is 14.0 Å². The predicted molar refractivity (Wildman–Crippen MR) is 91.3 cm³/mol. The molecule has 0 spiro atoms. The van der Waals surface area contributed by atoms with E-state index in [0.29, 0.717) is 12.2 Å². The molecular formula is C19H19FN2O2. The summed E-state index contributed by atoms with van der Waals surface area (Å²) in [5, 5.41) is 2.74. The number of aryl methyl sites for hydroxylation is 1. The number of carbonyl (C=O) groups is 2. The molecule has 2 aromatic rings. The molecule has 5 heteroatoms. The average Bonchev–Trinajstić information content (AvgIpc) is 2.99. The van der Waals surface area contributed by atoms with Crippen LogP contribution in [0.5, 0.6) is 0 Å². The molecule has 3 rings (SSSR count). The summed E-state index contributed by atoms with van der Waals surface area (Å²) in [6.45, 7) is 2.42. The number of hydrogen-bond donors (Lipinski definition) is 1. The molecule has 0 unspecified atom stereocenters. The lowest BCUT2D eigenvalue weighted by Crippen LogP contribution is -2.28. The topological polar surface area (TPSA) is 49.4 Å². The summed E-state index contributed by atoms with van der Waals surface area (Å²) in [6.07, 6.45) is 1.08. The van der Waals surface area contributed by atoms with Crippen LogP contribution in [-0.2, 0) is 16.0 Å². The molecular weight excluding hydrogens is 307 g/mol. The van der Waals surface area contributed by atoms with Gasteiger partial charge in [0.05, 0.1) is 5.92 Å². The predicted octanol–water partition coefficient (Wildman–Crippen LogP) is 3.38. The van der Waals surface area contributed by atoms with Gasteiger partial charge in [0.2, 0.25) is 11.8 Å². The molecule has 0 bridgehead atoms. The number of benzene rings is 2. The average molecular weight is 326 g/mol. The van der Waals surface area contributed by atoms with Crippen molar-refractivity contribution in [2.24, 2.45) is 5.92 Å². The third-order valence-corrected chi connectivity index (χ3v) is 4.24. The van der Waals surface area contributed by atoms with Crippen LogP contribution in [0.3, 0.4) is 0 Å². The van der Waals surface area contributed by atoms with Gasteiger partial charge in [0.15, 0.2) is 0 Å². The Morgan fingerprint density at radius 1 is 1.25 bits per heavy atom. The van der Waals surface area contributed by atoms with Crippen LogP contribution in [0.15, 0.2) is 48.5 Å². The van der Waals surface area contributed by atoms with Gasteiger partial charge in [0, 0.05) is 24.3 Å². The third kappa shape index (κ3) is 3.45. The molecule has 1 heterocycles. The Kier molecular flexibility index (Phi) is 4.60. The van der Waals surface area contributed by atoms with Gasteiger partial charge in [-0.05, 0) is 48.4 Å². The Bertz CT molecular complexity index is 758. The minimum absolute atomic E-state index is 0.0532. The number of anilines is 2. The van der Waals surface area contributed by atoms with E-state index in [0.717, 1.165) is 17.7 Å². The van der Waals surface area contributed by atoms with E-state index < -0.39 is 5.92 Å². The van der Waals surface area contributed by atoms with Gasteiger partial charge in [-0.3, -0.25) is 9.59 Å². The minimum atomic E-state index is -0.409. The SMILES string of the molecule is CCc1cccc(N2C[C@H](C(=O)Nc3ccc(F)cc3)CC2=O)c1. The molecule has 124 valence electrons. The van der Waals surface area contributed by atoms with Crippen molar-refractivity contribution in [3.63, 3.8) is 0 Å². The first kappa shape index (κ1) is 16.2. The van der Waals surface area contributed by atoms with Crippen molar-refractivity contribution in [2.45, 2.75) is 19.8 Å². The molecule has 1 aliphatic rings. The maximum atomic E-state index is 12.9. The second-order valence-corrected chi connectivity index (χ2v) is 5.92. The summed E-state index contributed by atoms with van der Waals surface area (Å²) in [4.78, 5) is 26.3. The number of nitrogens with zero attached hydrogens (tertiary/aromatic N) is 1. The maximum Gasteiger partial charge on any atom is 0.229 e. The first-order valence-corrected chi connectivity index (χ1v) is 8.02. The summed E-state index contributed by atoms with van der Waals surface area (Å²) < 4.78 is 12.9. The summed E-state index contributed by atoms with van der Waals surface area (Å²) in [5.74, 6) is -1.04. The largest absolute Gasteiger partial charge is 0.326 e. The van der Waals surface area contributed by atoms with E-state index in [1.54, 1.807) is 4.90 Å². The van der Waals surface area contributed by atoms with Gasteiger partial charge >= 0.3 is 0 Å². The van der Waals surface area contributed by atoms with E-state index >= 15 is 0 Å². The fraction of sp³-hybridized carbons (Fsp3) is 0.263. The first-order chi connectivity index (χ1) is 11.6. The zero-order chi connectivity index (χ0) is 17.1. The molecule has 4 nitrogen and oxygen atoms in total. The van der Waals surface area contributed by atoms with Gasteiger partial charge in [-0.2, -0.15) is 0 Å². The zero-order valence-corrected chi connectivity index (χ0v) is 13.5. The monoisotopic (exact) mass is 326 g/mol. The molecule has 1 N–H and O–H groups in total. The number of hydrogen-bond acceptors (Lipinski definition) is 2. The normalized spacial score (nSPS) is 17.2. The van der Waals surface area contributed by atoms with Gasteiger partial charge < -0.3 is 10.2 Å². The second kappa shape index (κ2) is 6.83. The van der Waals surface area contributed by atoms with Crippen molar-refractivity contribution in [3.05, 3.63) is 59.9 Å². The fourth-order valence-corrected chi connectivity index (χ4v) is 2.85. The van der Waals surface area contributed by atoms with Crippen LogP contribution in [0.1, 0.15) is 18.9 Å². The summed E-state index contributed by atoms with van der Waals surface area (Å²) >= 11 is 0. The van der Waals surface area contributed by atoms with Crippen LogP contribution >= 0.6 is 0 Å². The Hall–Kier alpha value is -2.69. The molecule has 2 aromatic carbocycles. The molecule has 1 fully saturated rings. The third-order valence-electron chi connectivity index (χ3n) is 4.24. The highest BCUT2D eigenvalue weighted by atomic mass is 19.1. The van der Waals surface area contributed by atoms with Crippen molar-refractivity contribution in [3.8, 4) is 0 Å². The highest BCUT2D eigenvalue weighted by molar-refractivity contribution is 6.03. The molecule has 0 saturated carbocycles. The molecule has 1 aliphatic heterocycles. The van der Waals surface area contributed by atoms with Crippen molar-refractivity contribution in [1.82, 2.24) is 0 Å². The highest BCUT2D eigenvalue weighted by Gasteiger charge is 2.35. The van der Waals surface area contributed by atoms with Gasteiger partial charge in [0.25, 0.3) is 0 Å². The van der Waals surface area contributed by atoms with E-state index in [4.69, 9.17) is 0 Å². The molecule has 24 heavy (non-hydrogen) atoms. The quantitative estimate of drug-likeness (QED) is 0.936. The second-order valence-electron chi connectivity index (χ2n) is 5.92. The van der Waals surface area contributed by atoms with Crippen molar-refractivity contribution >= 4 is 23.2 Å². The van der Waals surface area contributed by atoms with E-state index in [1.165, 1.54) is 24.3 Å². The Morgan fingerprint density at radius 2 is 2.00 bits per heavy atom. The van der Waals surface area contributed by atoms with Crippen molar-refractivity contribution in [2.75, 3.05) is 16.8 Å². The van der Waals surface area contributed by atoms with Crippen LogP contribution < -0.4 is 10.2 Å². The number of carbonyl (C=O) groups excluding carboxylic acids is 2. The van der Waals surface area contributed by atoms with Crippen molar-refractivity contribution in [1.29, 1.82) is 0 Å². The van der Waals surface area contributed by atoms with E-state index in [-0.39, 0.29) is 24.1 Å². The van der Waals surface area contributed by atoms with Crippen LogP contribution in [0, 0.1) is 11.7 Å². The Labute approximate surface area is 140 Å². The van der Waals surface area contributed by atoms with Crippen LogP contribution in [0.4, 0.5) is 15.8 Å². The number of rotatable bonds is 4. The molecule has 0 aromatic heterocycles. The molecule has 1 atom stereocenters. The van der Waals surface area contributed by atoms with Crippen LogP contribution in [0.2, 0.25) is 0 Å². The summed E-state index contributed by atoms with van der Waals surface area (Å²) in [6, 6.07) is 13.4. The van der Waals surface area contributed by atoms with Gasteiger partial charge in [-0.15, -0.1) is 0 Å². The fourth-order valence-electron chi connectivity index (χ4n) is 2.85. The Balaban J connectivity index is 1.69. The van der Waals surface area contributed by atoms with Gasteiger partial charge in [0.1, 0.15) is 5.82 Å². The lowest BCUT2D eigenvalue weighted by molar-refractivity contribution is -0.122. The van der Waals surface area contributed by atoms with Gasteiger partial charge in [-0.1, -0.05) is 19.1 Å². The maximum absolute atomic E-state index is 12.9. The standard InChI is InChI=1S/C19H19FN2O2/c1-2-13-4-3-5-17(10-13)22-12-14(11-18(22)23)19(24)21-16-8-6-15(20)7-9-16/h3-10,14H,2,11-12H2,1H3,(H,21,24)/t14-/m1/s1. The van der Waals surface area contributed by atoms with E-state index in [2.05, 4.69) is 12.2 Å². The Morgan fingerprint density at radius 3 is 2.71 bits per heavy atom. The lowest BCUT2D eigenvalue weighted by atomic mass is 10.1. The minimum Gasteiger partial charge on any atom is -0.326 e. The van der Waals surface area contributed by atoms with Gasteiger partial charge in [-0.25, -0.2) is 4.39 Å². The first-order valence-electron chi connectivity index (χ1n) is 8.02. The number of amides is 2. The van der Waals surface area contributed by atoms with Crippen LogP contribution in [-0.4, -0.2) is 18.4 Å². The zero-order valence-electron chi connectivity index (χ0n) is 13.5. The highest BCUT2D eigenvalue weighted by Crippen LogP contribution is 2.27. The molecule has 2 amide bonds.